The summed E-state index contributed by atoms with van der Waals surface area (Å²) in [4.78, 5) is 16.2. The van der Waals surface area contributed by atoms with Gasteiger partial charge in [-0.25, -0.2) is 0 Å². The van der Waals surface area contributed by atoms with Crippen molar-refractivity contribution in [2.24, 2.45) is 0 Å². The van der Waals surface area contributed by atoms with Crippen molar-refractivity contribution in [2.45, 2.75) is 0 Å². The number of allylic oxidation sites excluding steroid dienone is 5. The molecule has 0 unspecified atom stereocenters. The fourth-order valence-corrected chi connectivity index (χ4v) is 2.88. The number of ketones is 1. The standard InChI is InChI=1S/C15H13BrN2O/c1-17-12-5-3-4-6-13(12)18(2)15(17)11-9-10(16)7-8-14(11)19/h3-9H,1-2H3. The number of hydrogen-bond donors (Lipinski definition) is 0. The van der Waals surface area contributed by atoms with Crippen LogP contribution < -0.4 is 9.80 Å². The van der Waals surface area contributed by atoms with Gasteiger partial charge in [-0.2, -0.15) is 0 Å². The third kappa shape index (κ3) is 1.83. The lowest BCUT2D eigenvalue weighted by Gasteiger charge is -2.22. The van der Waals surface area contributed by atoms with Crippen LogP contribution in [-0.4, -0.2) is 19.9 Å². The van der Waals surface area contributed by atoms with Crippen LogP contribution in [0.15, 0.2) is 58.4 Å². The molecule has 0 aromatic heterocycles. The summed E-state index contributed by atoms with van der Waals surface area (Å²) in [6, 6.07) is 8.12. The Morgan fingerprint density at radius 3 is 2.16 bits per heavy atom. The number of anilines is 2. The van der Waals surface area contributed by atoms with Crippen molar-refractivity contribution >= 4 is 33.1 Å². The molecule has 3 rings (SSSR count). The van der Waals surface area contributed by atoms with Gasteiger partial charge in [-0.15, -0.1) is 0 Å². The molecule has 0 radical (unpaired) electrons. The van der Waals surface area contributed by atoms with E-state index in [0.29, 0.717) is 5.57 Å². The molecule has 0 spiro atoms. The predicted molar refractivity (Wildman–Crippen MR) is 81.4 cm³/mol. The molecule has 0 bridgehead atoms. The van der Waals surface area contributed by atoms with E-state index in [2.05, 4.69) is 37.9 Å². The maximum atomic E-state index is 12.1. The number of carbonyl (C=O) groups excluding carboxylic acids is 1. The Labute approximate surface area is 120 Å². The SMILES string of the molecule is CN1C(=C2C=C(Br)C=CC2=O)N(C)c2ccccc21. The van der Waals surface area contributed by atoms with Gasteiger partial charge in [0.05, 0.1) is 16.9 Å². The summed E-state index contributed by atoms with van der Waals surface area (Å²) >= 11 is 3.43. The van der Waals surface area contributed by atoms with Crippen LogP contribution in [0.3, 0.4) is 0 Å². The highest BCUT2D eigenvalue weighted by molar-refractivity contribution is 9.11. The Balaban J connectivity index is 2.19. The molecule has 0 amide bonds. The van der Waals surface area contributed by atoms with E-state index in [4.69, 9.17) is 0 Å². The van der Waals surface area contributed by atoms with Gasteiger partial charge in [-0.05, 0) is 30.4 Å². The Morgan fingerprint density at radius 2 is 1.58 bits per heavy atom. The molecule has 1 aromatic carbocycles. The van der Waals surface area contributed by atoms with E-state index in [1.54, 1.807) is 12.2 Å². The second kappa shape index (κ2) is 4.38. The van der Waals surface area contributed by atoms with Crippen LogP contribution in [0.1, 0.15) is 0 Å². The number of para-hydroxylation sites is 2. The number of benzene rings is 1. The molecule has 1 aliphatic heterocycles. The van der Waals surface area contributed by atoms with Gasteiger partial charge in [-0.3, -0.25) is 4.79 Å². The molecular formula is C15H13BrN2O. The fourth-order valence-electron chi connectivity index (χ4n) is 2.52. The summed E-state index contributed by atoms with van der Waals surface area (Å²) < 4.78 is 0.910. The topological polar surface area (TPSA) is 23.6 Å². The molecule has 1 aromatic rings. The molecule has 0 N–H and O–H groups in total. The van der Waals surface area contributed by atoms with Crippen molar-refractivity contribution in [3.05, 3.63) is 58.4 Å². The third-order valence-electron chi connectivity index (χ3n) is 3.42. The summed E-state index contributed by atoms with van der Waals surface area (Å²) in [6.45, 7) is 0. The quantitative estimate of drug-likeness (QED) is 0.687. The van der Waals surface area contributed by atoms with E-state index < -0.39 is 0 Å². The van der Waals surface area contributed by atoms with Crippen molar-refractivity contribution < 1.29 is 4.79 Å². The van der Waals surface area contributed by atoms with Crippen LogP contribution in [0.2, 0.25) is 0 Å². The van der Waals surface area contributed by atoms with Crippen LogP contribution in [0.4, 0.5) is 11.4 Å². The number of nitrogens with zero attached hydrogens (tertiary/aromatic N) is 2. The average Bonchev–Trinajstić information content (AvgIpc) is 2.66. The van der Waals surface area contributed by atoms with Gasteiger partial charge in [-0.1, -0.05) is 28.1 Å². The van der Waals surface area contributed by atoms with Gasteiger partial charge in [0.15, 0.2) is 5.78 Å². The summed E-state index contributed by atoms with van der Waals surface area (Å²) in [5, 5.41) is 0. The second-order valence-electron chi connectivity index (χ2n) is 4.57. The Hall–Kier alpha value is -1.81. The predicted octanol–water partition coefficient (Wildman–Crippen LogP) is 3.20. The fraction of sp³-hybridized carbons (Fsp3) is 0.133. The van der Waals surface area contributed by atoms with Gasteiger partial charge in [0.1, 0.15) is 5.82 Å². The Kier molecular flexibility index (Phi) is 2.82. The van der Waals surface area contributed by atoms with Crippen LogP contribution in [0, 0.1) is 0 Å². The first kappa shape index (κ1) is 12.2. The summed E-state index contributed by atoms with van der Waals surface area (Å²) in [5.74, 6) is 0.942. The Bertz CT molecular complexity index is 627. The number of fused-ring (bicyclic) bond motifs is 1. The lowest BCUT2D eigenvalue weighted by atomic mass is 10.1. The van der Waals surface area contributed by atoms with Crippen molar-refractivity contribution in [3.63, 3.8) is 0 Å². The summed E-state index contributed by atoms with van der Waals surface area (Å²) in [7, 11) is 3.97. The van der Waals surface area contributed by atoms with Gasteiger partial charge < -0.3 is 9.80 Å². The first-order chi connectivity index (χ1) is 9.09. The maximum Gasteiger partial charge on any atom is 0.189 e. The molecule has 0 atom stereocenters. The molecule has 1 heterocycles. The molecule has 0 saturated carbocycles. The summed E-state index contributed by atoms with van der Waals surface area (Å²) in [5.41, 5.74) is 2.93. The van der Waals surface area contributed by atoms with Gasteiger partial charge >= 0.3 is 0 Å². The van der Waals surface area contributed by atoms with Crippen molar-refractivity contribution in [2.75, 3.05) is 23.9 Å². The van der Waals surface area contributed by atoms with E-state index in [1.165, 1.54) is 0 Å². The minimum Gasteiger partial charge on any atom is -0.328 e. The van der Waals surface area contributed by atoms with Crippen molar-refractivity contribution in [1.29, 1.82) is 0 Å². The molecule has 96 valence electrons. The zero-order chi connectivity index (χ0) is 13.6. The number of rotatable bonds is 0. The first-order valence-corrected chi connectivity index (χ1v) is 6.79. The lowest BCUT2D eigenvalue weighted by Crippen LogP contribution is -2.26. The van der Waals surface area contributed by atoms with Gasteiger partial charge in [0.25, 0.3) is 0 Å². The molecule has 1 aliphatic carbocycles. The number of carbonyl (C=O) groups is 1. The van der Waals surface area contributed by atoms with Gasteiger partial charge in [0, 0.05) is 18.6 Å². The van der Waals surface area contributed by atoms with Crippen LogP contribution in [-0.2, 0) is 4.79 Å². The minimum absolute atomic E-state index is 0.0321. The van der Waals surface area contributed by atoms with E-state index in [0.717, 1.165) is 21.7 Å². The summed E-state index contributed by atoms with van der Waals surface area (Å²) in [6.07, 6.45) is 5.24. The molecular weight excluding hydrogens is 304 g/mol. The molecule has 0 fully saturated rings. The van der Waals surface area contributed by atoms with Crippen LogP contribution in [0.25, 0.3) is 0 Å². The number of hydrogen-bond acceptors (Lipinski definition) is 3. The largest absolute Gasteiger partial charge is 0.328 e. The molecule has 4 heteroatoms. The van der Waals surface area contributed by atoms with Crippen LogP contribution >= 0.6 is 15.9 Å². The molecule has 3 nitrogen and oxygen atoms in total. The third-order valence-corrected chi connectivity index (χ3v) is 3.92. The Morgan fingerprint density at radius 1 is 1.00 bits per heavy atom. The molecule has 2 aliphatic rings. The lowest BCUT2D eigenvalue weighted by molar-refractivity contribution is -0.111. The van der Waals surface area contributed by atoms with Gasteiger partial charge in [0.2, 0.25) is 0 Å². The van der Waals surface area contributed by atoms with Crippen molar-refractivity contribution in [3.8, 4) is 0 Å². The van der Waals surface area contributed by atoms with E-state index in [-0.39, 0.29) is 5.78 Å². The zero-order valence-corrected chi connectivity index (χ0v) is 12.3. The molecule has 19 heavy (non-hydrogen) atoms. The second-order valence-corrected chi connectivity index (χ2v) is 5.49. The highest BCUT2D eigenvalue weighted by Gasteiger charge is 2.30. The smallest absolute Gasteiger partial charge is 0.189 e. The average molecular weight is 317 g/mol. The number of halogens is 1. The normalized spacial score (nSPS) is 18.1. The van der Waals surface area contributed by atoms with Crippen molar-refractivity contribution in [1.82, 2.24) is 0 Å². The maximum absolute atomic E-state index is 12.1. The van der Waals surface area contributed by atoms with E-state index >= 15 is 0 Å². The minimum atomic E-state index is 0.0321. The zero-order valence-electron chi connectivity index (χ0n) is 10.7. The van der Waals surface area contributed by atoms with E-state index in [1.807, 2.05) is 32.3 Å². The molecule has 0 saturated heterocycles. The highest BCUT2D eigenvalue weighted by Crippen LogP contribution is 2.41. The highest BCUT2D eigenvalue weighted by atomic mass is 79.9. The monoisotopic (exact) mass is 316 g/mol. The first-order valence-electron chi connectivity index (χ1n) is 6.00. The van der Waals surface area contributed by atoms with Crippen LogP contribution in [0.5, 0.6) is 0 Å². The van der Waals surface area contributed by atoms with E-state index in [9.17, 15) is 4.79 Å².